The van der Waals surface area contributed by atoms with E-state index in [0.29, 0.717) is 10.0 Å². The summed E-state index contributed by atoms with van der Waals surface area (Å²) in [4.78, 5) is 11.2. The molecule has 0 atom stereocenters. The lowest BCUT2D eigenvalue weighted by molar-refractivity contribution is 0.100. The largest absolute Gasteiger partial charge is 0.380 e. The van der Waals surface area contributed by atoms with Crippen LogP contribution in [-0.2, 0) is 11.3 Å². The molecule has 0 spiro atoms. The molecule has 0 aliphatic rings. The van der Waals surface area contributed by atoms with Crippen LogP contribution in [0.1, 0.15) is 15.9 Å². The van der Waals surface area contributed by atoms with E-state index >= 15 is 0 Å². The van der Waals surface area contributed by atoms with Crippen molar-refractivity contribution in [1.29, 1.82) is 0 Å². The van der Waals surface area contributed by atoms with Gasteiger partial charge in [0.1, 0.15) is 5.82 Å². The number of carbonyl (C=O) groups is 1. The zero-order valence-electron chi connectivity index (χ0n) is 8.22. The zero-order chi connectivity index (χ0) is 11.4. The molecule has 5 heteroatoms. The molecular weight excluding hydrogens is 265 g/mol. The second-order valence-corrected chi connectivity index (χ2v) is 3.83. The summed E-state index contributed by atoms with van der Waals surface area (Å²) < 4.78 is 18.8. The lowest BCUT2D eigenvalue weighted by Crippen LogP contribution is -2.14. The van der Waals surface area contributed by atoms with Crippen molar-refractivity contribution >= 4 is 21.7 Å². The molecule has 0 fully saturated rings. The van der Waals surface area contributed by atoms with E-state index < -0.39 is 5.82 Å². The lowest BCUT2D eigenvalue weighted by atomic mass is 10.1. The number of nitrogens with two attached hydrogens (primary N) is 1. The van der Waals surface area contributed by atoms with Gasteiger partial charge in [-0.25, -0.2) is 4.39 Å². The monoisotopic (exact) mass is 275 g/mol. The Morgan fingerprint density at radius 2 is 2.27 bits per heavy atom. The highest BCUT2D eigenvalue weighted by molar-refractivity contribution is 9.10. The Morgan fingerprint density at radius 1 is 1.60 bits per heavy atom. The molecule has 1 rings (SSSR count). The first-order chi connectivity index (χ1) is 7.10. The molecule has 0 unspecified atom stereocenters. The van der Waals surface area contributed by atoms with Crippen LogP contribution < -0.4 is 5.73 Å². The Balaban J connectivity index is 3.13. The second kappa shape index (κ2) is 5.34. The third kappa shape index (κ3) is 2.84. The number of hydrogen-bond donors (Lipinski definition) is 1. The van der Waals surface area contributed by atoms with Gasteiger partial charge >= 0.3 is 0 Å². The van der Waals surface area contributed by atoms with Gasteiger partial charge in [-0.3, -0.25) is 4.79 Å². The molecule has 0 bridgehead atoms. The van der Waals surface area contributed by atoms with Crippen molar-refractivity contribution in [3.8, 4) is 0 Å². The van der Waals surface area contributed by atoms with E-state index in [0.717, 1.165) is 0 Å². The molecule has 0 amide bonds. The molecule has 82 valence electrons. The first kappa shape index (κ1) is 12.3. The summed E-state index contributed by atoms with van der Waals surface area (Å²) in [6.07, 6.45) is 0. The molecular formula is C10H11BrFNO2. The molecule has 0 heterocycles. The molecule has 0 aliphatic carbocycles. The van der Waals surface area contributed by atoms with Crippen molar-refractivity contribution in [2.45, 2.75) is 6.61 Å². The van der Waals surface area contributed by atoms with Gasteiger partial charge in [0, 0.05) is 22.7 Å². The van der Waals surface area contributed by atoms with E-state index in [1.54, 1.807) is 6.07 Å². The minimum atomic E-state index is -0.469. The molecule has 2 N–H and O–H groups in total. The van der Waals surface area contributed by atoms with Crippen molar-refractivity contribution in [3.63, 3.8) is 0 Å². The minimum Gasteiger partial charge on any atom is -0.380 e. The molecule has 0 saturated heterocycles. The first-order valence-electron chi connectivity index (χ1n) is 4.30. The van der Waals surface area contributed by atoms with Crippen molar-refractivity contribution in [1.82, 2.24) is 0 Å². The van der Waals surface area contributed by atoms with E-state index in [2.05, 4.69) is 15.9 Å². The smallest absolute Gasteiger partial charge is 0.176 e. The normalized spacial score (nSPS) is 10.4. The van der Waals surface area contributed by atoms with Crippen LogP contribution in [0.15, 0.2) is 16.6 Å². The van der Waals surface area contributed by atoms with Crippen LogP contribution >= 0.6 is 15.9 Å². The maximum absolute atomic E-state index is 13.5. The standard InChI is InChI=1S/C10H11BrFNO2/c1-15-5-7-8(11)2-6(3-9(7)12)10(14)4-13/h2-3H,4-5,13H2,1H3. The molecule has 15 heavy (non-hydrogen) atoms. The highest BCUT2D eigenvalue weighted by atomic mass is 79.9. The number of Topliss-reactive ketones (excluding diaryl/α,β-unsaturated/α-hetero) is 1. The number of ketones is 1. The van der Waals surface area contributed by atoms with E-state index in [9.17, 15) is 9.18 Å². The van der Waals surface area contributed by atoms with E-state index in [-0.39, 0.29) is 24.5 Å². The van der Waals surface area contributed by atoms with Crippen LogP contribution in [0.3, 0.4) is 0 Å². The number of halogens is 2. The Morgan fingerprint density at radius 3 is 2.73 bits per heavy atom. The predicted octanol–water partition coefficient (Wildman–Crippen LogP) is 1.88. The van der Waals surface area contributed by atoms with Gasteiger partial charge in [-0.05, 0) is 12.1 Å². The first-order valence-corrected chi connectivity index (χ1v) is 5.09. The summed E-state index contributed by atoms with van der Waals surface area (Å²) >= 11 is 3.18. The highest BCUT2D eigenvalue weighted by Crippen LogP contribution is 2.23. The quantitative estimate of drug-likeness (QED) is 0.854. The van der Waals surface area contributed by atoms with Crippen LogP contribution in [0, 0.1) is 5.82 Å². The fraction of sp³-hybridized carbons (Fsp3) is 0.300. The van der Waals surface area contributed by atoms with E-state index in [1.807, 2.05) is 0 Å². The Hall–Kier alpha value is -0.780. The van der Waals surface area contributed by atoms with Gasteiger partial charge in [0.2, 0.25) is 0 Å². The summed E-state index contributed by atoms with van der Waals surface area (Å²) in [6.45, 7) is 0.0268. The maximum atomic E-state index is 13.5. The third-order valence-corrected chi connectivity index (χ3v) is 2.64. The number of methoxy groups -OCH3 is 1. The average molecular weight is 276 g/mol. The molecule has 1 aromatic carbocycles. The molecule has 0 saturated carbocycles. The number of hydrogen-bond acceptors (Lipinski definition) is 3. The molecule has 0 radical (unpaired) electrons. The fourth-order valence-electron chi connectivity index (χ4n) is 1.16. The van der Waals surface area contributed by atoms with Crippen molar-refractivity contribution in [2.24, 2.45) is 5.73 Å². The SMILES string of the molecule is COCc1c(F)cc(C(=O)CN)cc1Br. The van der Waals surface area contributed by atoms with Gasteiger partial charge < -0.3 is 10.5 Å². The molecule has 0 aliphatic heterocycles. The summed E-state index contributed by atoms with van der Waals surface area (Å²) in [5, 5.41) is 0. The summed E-state index contributed by atoms with van der Waals surface area (Å²) in [5.41, 5.74) is 5.85. The number of carbonyl (C=O) groups excluding carboxylic acids is 1. The maximum Gasteiger partial charge on any atom is 0.176 e. The lowest BCUT2D eigenvalue weighted by Gasteiger charge is -2.07. The van der Waals surface area contributed by atoms with Gasteiger partial charge in [-0.15, -0.1) is 0 Å². The van der Waals surface area contributed by atoms with Gasteiger partial charge in [-0.2, -0.15) is 0 Å². The summed E-state index contributed by atoms with van der Waals surface area (Å²) in [7, 11) is 1.48. The van der Waals surface area contributed by atoms with E-state index in [1.165, 1.54) is 13.2 Å². The van der Waals surface area contributed by atoms with Crippen LogP contribution in [0.5, 0.6) is 0 Å². The molecule has 0 aromatic heterocycles. The van der Waals surface area contributed by atoms with Gasteiger partial charge in [0.25, 0.3) is 0 Å². The Labute approximate surface area is 95.5 Å². The van der Waals surface area contributed by atoms with Crippen LogP contribution in [0.25, 0.3) is 0 Å². The number of rotatable bonds is 4. The fourth-order valence-corrected chi connectivity index (χ4v) is 1.71. The van der Waals surface area contributed by atoms with E-state index in [4.69, 9.17) is 10.5 Å². The van der Waals surface area contributed by atoms with Crippen LogP contribution in [0.4, 0.5) is 4.39 Å². The second-order valence-electron chi connectivity index (χ2n) is 2.98. The van der Waals surface area contributed by atoms with Gasteiger partial charge in [0.15, 0.2) is 5.78 Å². The van der Waals surface area contributed by atoms with Crippen molar-refractivity contribution in [3.05, 3.63) is 33.5 Å². The van der Waals surface area contributed by atoms with Crippen LogP contribution in [0.2, 0.25) is 0 Å². The van der Waals surface area contributed by atoms with Gasteiger partial charge in [0.05, 0.1) is 13.2 Å². The van der Waals surface area contributed by atoms with Crippen molar-refractivity contribution < 1.29 is 13.9 Å². The third-order valence-electron chi connectivity index (χ3n) is 1.94. The summed E-state index contributed by atoms with van der Waals surface area (Å²) in [6, 6.07) is 2.72. The Bertz CT molecular complexity index is 359. The topological polar surface area (TPSA) is 52.3 Å². The highest BCUT2D eigenvalue weighted by Gasteiger charge is 2.12. The molecule has 3 nitrogen and oxygen atoms in total. The average Bonchev–Trinajstić information content (AvgIpc) is 2.22. The minimum absolute atomic E-state index is 0.129. The zero-order valence-corrected chi connectivity index (χ0v) is 9.80. The van der Waals surface area contributed by atoms with Crippen LogP contribution in [-0.4, -0.2) is 19.4 Å². The number of ether oxygens (including phenoxy) is 1. The Kier molecular flexibility index (Phi) is 4.38. The molecule has 1 aromatic rings. The summed E-state index contributed by atoms with van der Waals surface area (Å²) in [5.74, 6) is -0.762. The number of benzene rings is 1. The van der Waals surface area contributed by atoms with Gasteiger partial charge in [-0.1, -0.05) is 15.9 Å². The van der Waals surface area contributed by atoms with Crippen molar-refractivity contribution in [2.75, 3.05) is 13.7 Å². The predicted molar refractivity (Wildman–Crippen MR) is 58.2 cm³/mol.